The first-order valence-electron chi connectivity index (χ1n) is 5.96. The number of hydrogen-bond acceptors (Lipinski definition) is 3. The molecule has 0 aliphatic rings. The normalized spacial score (nSPS) is 12.5. The molecule has 0 spiro atoms. The average molecular weight is 254 g/mol. The van der Waals surface area contributed by atoms with Crippen LogP contribution in [0.4, 0.5) is 5.69 Å². The van der Waals surface area contributed by atoms with Gasteiger partial charge in [0, 0.05) is 23.3 Å². The quantitative estimate of drug-likeness (QED) is 0.746. The minimum absolute atomic E-state index is 0.324. The lowest BCUT2D eigenvalue weighted by Crippen LogP contribution is -2.05. The van der Waals surface area contributed by atoms with E-state index < -0.39 is 0 Å². The predicted octanol–water partition coefficient (Wildman–Crippen LogP) is 4.47. The molecule has 2 nitrogen and oxygen atoms in total. The van der Waals surface area contributed by atoms with Crippen LogP contribution in [0.5, 0.6) is 0 Å². The Kier molecular flexibility index (Phi) is 2.99. The van der Waals surface area contributed by atoms with Crippen molar-refractivity contribution in [2.24, 2.45) is 0 Å². The number of nitrogens with zero attached hydrogens (tertiary/aromatic N) is 1. The number of nitrogens with one attached hydrogen (secondary N) is 1. The Bertz CT molecular complexity index is 646. The van der Waals surface area contributed by atoms with Gasteiger partial charge in [-0.15, -0.1) is 0 Å². The van der Waals surface area contributed by atoms with E-state index in [4.69, 9.17) is 0 Å². The SMILES string of the molecule is CC(Nc1ccc2ncccc2c1)c1ccsc1. The summed E-state index contributed by atoms with van der Waals surface area (Å²) < 4.78 is 0. The summed E-state index contributed by atoms with van der Waals surface area (Å²) in [6.45, 7) is 2.18. The second-order valence-corrected chi connectivity index (χ2v) is 5.11. The molecule has 0 saturated heterocycles. The van der Waals surface area contributed by atoms with Crippen LogP contribution in [0.15, 0.2) is 53.4 Å². The number of benzene rings is 1. The summed E-state index contributed by atoms with van der Waals surface area (Å²) in [5.41, 5.74) is 3.49. The molecular weight excluding hydrogens is 240 g/mol. The fourth-order valence-electron chi connectivity index (χ4n) is 2.02. The van der Waals surface area contributed by atoms with Crippen molar-refractivity contribution >= 4 is 27.9 Å². The van der Waals surface area contributed by atoms with Crippen LogP contribution in [-0.4, -0.2) is 4.98 Å². The standard InChI is InChI=1S/C15H14N2S/c1-11(13-6-8-18-10-13)17-14-4-5-15-12(9-14)3-2-7-16-15/h2-11,17H,1H3. The van der Waals surface area contributed by atoms with Crippen LogP contribution >= 0.6 is 11.3 Å². The zero-order chi connectivity index (χ0) is 12.4. The number of hydrogen-bond donors (Lipinski definition) is 1. The van der Waals surface area contributed by atoms with Crippen LogP contribution in [0, 0.1) is 0 Å². The lowest BCUT2D eigenvalue weighted by Gasteiger charge is -2.14. The van der Waals surface area contributed by atoms with Gasteiger partial charge in [-0.25, -0.2) is 0 Å². The highest BCUT2D eigenvalue weighted by Gasteiger charge is 2.05. The van der Waals surface area contributed by atoms with Gasteiger partial charge < -0.3 is 5.32 Å². The summed E-state index contributed by atoms with van der Waals surface area (Å²) in [5.74, 6) is 0. The Morgan fingerprint density at radius 2 is 2.17 bits per heavy atom. The van der Waals surface area contributed by atoms with E-state index in [1.54, 1.807) is 11.3 Å². The first-order valence-corrected chi connectivity index (χ1v) is 6.90. The van der Waals surface area contributed by atoms with Gasteiger partial charge in [-0.2, -0.15) is 11.3 Å². The van der Waals surface area contributed by atoms with Crippen molar-refractivity contribution in [3.8, 4) is 0 Å². The van der Waals surface area contributed by atoms with Gasteiger partial charge in [0.15, 0.2) is 0 Å². The molecular formula is C15H14N2S. The fraction of sp³-hybridized carbons (Fsp3) is 0.133. The van der Waals surface area contributed by atoms with Crippen LogP contribution in [0.25, 0.3) is 10.9 Å². The minimum atomic E-state index is 0.324. The van der Waals surface area contributed by atoms with Crippen LogP contribution in [0.3, 0.4) is 0 Å². The van der Waals surface area contributed by atoms with Crippen molar-refractivity contribution in [2.45, 2.75) is 13.0 Å². The first kappa shape index (κ1) is 11.2. The Morgan fingerprint density at radius 1 is 1.22 bits per heavy atom. The highest BCUT2D eigenvalue weighted by atomic mass is 32.1. The topological polar surface area (TPSA) is 24.9 Å². The van der Waals surface area contributed by atoms with Gasteiger partial charge in [-0.3, -0.25) is 4.98 Å². The number of pyridine rings is 1. The summed E-state index contributed by atoms with van der Waals surface area (Å²) >= 11 is 1.73. The van der Waals surface area contributed by atoms with Crippen molar-refractivity contribution < 1.29 is 0 Å². The average Bonchev–Trinajstić information content (AvgIpc) is 2.92. The molecule has 1 aromatic carbocycles. The molecule has 0 amide bonds. The lowest BCUT2D eigenvalue weighted by molar-refractivity contribution is 0.891. The zero-order valence-electron chi connectivity index (χ0n) is 10.1. The van der Waals surface area contributed by atoms with Crippen molar-refractivity contribution in [2.75, 3.05) is 5.32 Å². The van der Waals surface area contributed by atoms with E-state index in [9.17, 15) is 0 Å². The Morgan fingerprint density at radius 3 is 3.00 bits per heavy atom. The third-order valence-corrected chi connectivity index (χ3v) is 3.73. The third-order valence-electron chi connectivity index (χ3n) is 3.03. The van der Waals surface area contributed by atoms with Gasteiger partial charge in [0.25, 0.3) is 0 Å². The smallest absolute Gasteiger partial charge is 0.0703 e. The summed E-state index contributed by atoms with van der Waals surface area (Å²) in [6, 6.07) is 12.8. The Labute approximate surface area is 110 Å². The Hall–Kier alpha value is -1.87. The highest BCUT2D eigenvalue weighted by Crippen LogP contribution is 2.23. The van der Waals surface area contributed by atoms with Gasteiger partial charge >= 0.3 is 0 Å². The molecule has 0 radical (unpaired) electrons. The number of thiophene rings is 1. The molecule has 0 saturated carbocycles. The molecule has 0 bridgehead atoms. The maximum absolute atomic E-state index is 4.33. The molecule has 2 aromatic heterocycles. The summed E-state index contributed by atoms with van der Waals surface area (Å²) in [5, 5.41) is 8.97. The molecule has 0 aliphatic carbocycles. The van der Waals surface area contributed by atoms with Gasteiger partial charge in [-0.05, 0) is 53.6 Å². The number of aromatic nitrogens is 1. The molecule has 2 heterocycles. The van der Waals surface area contributed by atoms with Crippen LogP contribution in [0.1, 0.15) is 18.5 Å². The summed E-state index contributed by atoms with van der Waals surface area (Å²) in [7, 11) is 0. The van der Waals surface area contributed by atoms with E-state index >= 15 is 0 Å². The van der Waals surface area contributed by atoms with E-state index in [0.29, 0.717) is 6.04 Å². The third kappa shape index (κ3) is 2.22. The summed E-state index contributed by atoms with van der Waals surface area (Å²) in [4.78, 5) is 4.33. The van der Waals surface area contributed by atoms with Gasteiger partial charge in [0.1, 0.15) is 0 Å². The molecule has 3 aromatic rings. The second-order valence-electron chi connectivity index (χ2n) is 4.33. The van der Waals surface area contributed by atoms with Gasteiger partial charge in [0.2, 0.25) is 0 Å². The van der Waals surface area contributed by atoms with Crippen LogP contribution in [-0.2, 0) is 0 Å². The Balaban J connectivity index is 1.86. The fourth-order valence-corrected chi connectivity index (χ4v) is 2.77. The van der Waals surface area contributed by atoms with Crippen molar-refractivity contribution in [3.63, 3.8) is 0 Å². The monoisotopic (exact) mass is 254 g/mol. The van der Waals surface area contributed by atoms with Gasteiger partial charge in [-0.1, -0.05) is 6.07 Å². The molecule has 1 N–H and O–H groups in total. The summed E-state index contributed by atoms with van der Waals surface area (Å²) in [6.07, 6.45) is 1.82. The van der Waals surface area contributed by atoms with E-state index in [1.165, 1.54) is 10.9 Å². The second kappa shape index (κ2) is 4.78. The van der Waals surface area contributed by atoms with E-state index in [2.05, 4.69) is 58.3 Å². The first-order chi connectivity index (χ1) is 8.83. The van der Waals surface area contributed by atoms with E-state index in [0.717, 1.165) is 11.2 Å². The maximum Gasteiger partial charge on any atom is 0.0703 e. The molecule has 18 heavy (non-hydrogen) atoms. The predicted molar refractivity (Wildman–Crippen MR) is 78.1 cm³/mol. The molecule has 0 fully saturated rings. The number of anilines is 1. The number of rotatable bonds is 3. The highest BCUT2D eigenvalue weighted by molar-refractivity contribution is 7.07. The maximum atomic E-state index is 4.33. The minimum Gasteiger partial charge on any atom is -0.378 e. The van der Waals surface area contributed by atoms with Crippen LogP contribution < -0.4 is 5.32 Å². The molecule has 1 atom stereocenters. The van der Waals surface area contributed by atoms with Crippen molar-refractivity contribution in [1.29, 1.82) is 0 Å². The zero-order valence-corrected chi connectivity index (χ0v) is 10.9. The van der Waals surface area contributed by atoms with Crippen LogP contribution in [0.2, 0.25) is 0 Å². The lowest BCUT2D eigenvalue weighted by atomic mass is 10.1. The van der Waals surface area contributed by atoms with E-state index in [1.807, 2.05) is 12.3 Å². The van der Waals surface area contributed by atoms with Gasteiger partial charge in [0.05, 0.1) is 5.52 Å². The molecule has 0 aliphatic heterocycles. The molecule has 90 valence electrons. The van der Waals surface area contributed by atoms with Crippen molar-refractivity contribution in [3.05, 3.63) is 58.9 Å². The van der Waals surface area contributed by atoms with E-state index in [-0.39, 0.29) is 0 Å². The molecule has 3 rings (SSSR count). The molecule has 1 unspecified atom stereocenters. The largest absolute Gasteiger partial charge is 0.378 e. The van der Waals surface area contributed by atoms with Crippen molar-refractivity contribution in [1.82, 2.24) is 4.98 Å². The number of fused-ring (bicyclic) bond motifs is 1. The molecule has 3 heteroatoms.